The molecule has 2 amide bonds. The summed E-state index contributed by atoms with van der Waals surface area (Å²) < 4.78 is 70.8. The summed E-state index contributed by atoms with van der Waals surface area (Å²) in [7, 11) is 0.729. The number of nitrogens with one attached hydrogen (secondary N) is 1. The van der Waals surface area contributed by atoms with Crippen LogP contribution in [0.5, 0.6) is 5.75 Å². The number of hydrogen-bond acceptors (Lipinski definition) is 5. The highest BCUT2D eigenvalue weighted by atomic mass is 32.1. The third kappa shape index (κ3) is 3.72. The SMILES string of the molecule is CN1C(=O)N[C@H](c2ccc(OC(F)F)cc2)[C@@H](C(=O)c2cccs2)[C@@]1(O)C(F)(F)F. The molecule has 0 saturated carbocycles. The number of carbonyl (C=O) groups is 2. The van der Waals surface area contributed by atoms with Gasteiger partial charge in [-0.05, 0) is 29.1 Å². The van der Waals surface area contributed by atoms with Crippen molar-refractivity contribution < 1.29 is 41.4 Å². The highest BCUT2D eigenvalue weighted by Crippen LogP contribution is 2.48. The maximum absolute atomic E-state index is 14.0. The fourth-order valence-corrected chi connectivity index (χ4v) is 4.02. The Labute approximate surface area is 170 Å². The molecule has 30 heavy (non-hydrogen) atoms. The summed E-state index contributed by atoms with van der Waals surface area (Å²) >= 11 is 0.882. The van der Waals surface area contributed by atoms with E-state index >= 15 is 0 Å². The van der Waals surface area contributed by atoms with Crippen LogP contribution >= 0.6 is 11.3 Å². The van der Waals surface area contributed by atoms with E-state index in [1.165, 1.54) is 17.5 Å². The molecule has 0 radical (unpaired) electrons. The van der Waals surface area contributed by atoms with E-state index in [4.69, 9.17) is 0 Å². The van der Waals surface area contributed by atoms with Crippen LogP contribution in [0, 0.1) is 5.92 Å². The Hall–Kier alpha value is -2.73. The lowest BCUT2D eigenvalue weighted by Gasteiger charge is -2.49. The molecule has 3 rings (SSSR count). The van der Waals surface area contributed by atoms with Crippen molar-refractivity contribution in [3.05, 3.63) is 52.2 Å². The maximum Gasteiger partial charge on any atom is 0.437 e. The third-order valence-corrected chi connectivity index (χ3v) is 5.67. The molecule has 0 spiro atoms. The van der Waals surface area contributed by atoms with Crippen LogP contribution in [0.15, 0.2) is 41.8 Å². The number of ketones is 1. The summed E-state index contributed by atoms with van der Waals surface area (Å²) in [5.74, 6) is -3.46. The van der Waals surface area contributed by atoms with Crippen LogP contribution in [0.1, 0.15) is 21.3 Å². The number of nitrogens with zero attached hydrogens (tertiary/aromatic N) is 1. The van der Waals surface area contributed by atoms with Gasteiger partial charge in [0.1, 0.15) is 11.7 Å². The zero-order chi connectivity index (χ0) is 22.3. The average Bonchev–Trinajstić information content (AvgIpc) is 3.19. The topological polar surface area (TPSA) is 78.9 Å². The number of aliphatic hydroxyl groups is 1. The van der Waals surface area contributed by atoms with E-state index in [0.29, 0.717) is 0 Å². The van der Waals surface area contributed by atoms with E-state index in [1.54, 1.807) is 0 Å². The lowest BCUT2D eigenvalue weighted by atomic mass is 9.78. The minimum absolute atomic E-state index is 0.00403. The molecule has 1 aromatic carbocycles. The second-order valence-corrected chi connectivity index (χ2v) is 7.42. The Kier molecular flexibility index (Phi) is 5.74. The van der Waals surface area contributed by atoms with Crippen LogP contribution in [-0.4, -0.2) is 47.4 Å². The summed E-state index contributed by atoms with van der Waals surface area (Å²) in [6.07, 6.45) is -5.37. The first kappa shape index (κ1) is 22.0. The van der Waals surface area contributed by atoms with Crippen molar-refractivity contribution in [2.24, 2.45) is 5.92 Å². The number of ether oxygens (including phenoxy) is 1. The second-order valence-electron chi connectivity index (χ2n) is 6.48. The van der Waals surface area contributed by atoms with Crippen LogP contribution in [0.3, 0.4) is 0 Å². The fraction of sp³-hybridized carbons (Fsp3) is 0.333. The molecule has 0 unspecified atom stereocenters. The van der Waals surface area contributed by atoms with Gasteiger partial charge in [-0.25, -0.2) is 4.79 Å². The first-order valence-electron chi connectivity index (χ1n) is 8.42. The first-order valence-corrected chi connectivity index (χ1v) is 9.30. The predicted molar refractivity (Wildman–Crippen MR) is 95.3 cm³/mol. The summed E-state index contributed by atoms with van der Waals surface area (Å²) in [4.78, 5) is 25.2. The van der Waals surface area contributed by atoms with Crippen LogP contribution in [-0.2, 0) is 0 Å². The largest absolute Gasteiger partial charge is 0.437 e. The molecule has 1 aromatic heterocycles. The van der Waals surface area contributed by atoms with Gasteiger partial charge in [-0.2, -0.15) is 22.0 Å². The number of urea groups is 1. The number of hydrogen-bond donors (Lipinski definition) is 2. The molecular weight excluding hydrogens is 435 g/mol. The Morgan fingerprint density at radius 3 is 2.40 bits per heavy atom. The molecule has 3 atom stereocenters. The Bertz CT molecular complexity index is 920. The van der Waals surface area contributed by atoms with Gasteiger partial charge in [0.15, 0.2) is 5.78 Å². The molecule has 0 bridgehead atoms. The minimum Gasteiger partial charge on any atom is -0.435 e. The van der Waals surface area contributed by atoms with Crippen molar-refractivity contribution in [1.29, 1.82) is 0 Å². The molecular formula is C18H15F5N2O4S. The molecule has 2 aromatic rings. The van der Waals surface area contributed by atoms with Gasteiger partial charge in [-0.3, -0.25) is 9.69 Å². The molecule has 1 aliphatic heterocycles. The van der Waals surface area contributed by atoms with Crippen LogP contribution in [0.4, 0.5) is 26.7 Å². The van der Waals surface area contributed by atoms with Gasteiger partial charge in [-0.1, -0.05) is 18.2 Å². The lowest BCUT2D eigenvalue weighted by molar-refractivity contribution is -0.322. The van der Waals surface area contributed by atoms with E-state index in [9.17, 15) is 36.6 Å². The number of carbonyl (C=O) groups excluding carboxylic acids is 2. The van der Waals surface area contributed by atoms with E-state index in [0.717, 1.165) is 42.6 Å². The number of benzene rings is 1. The monoisotopic (exact) mass is 450 g/mol. The molecule has 2 N–H and O–H groups in total. The molecule has 1 saturated heterocycles. The van der Waals surface area contributed by atoms with Crippen molar-refractivity contribution in [1.82, 2.24) is 10.2 Å². The second kappa shape index (κ2) is 7.84. The summed E-state index contributed by atoms with van der Waals surface area (Å²) in [5, 5.41) is 14.4. The van der Waals surface area contributed by atoms with Gasteiger partial charge in [0.05, 0.1) is 10.9 Å². The number of alkyl halides is 5. The third-order valence-electron chi connectivity index (χ3n) is 4.79. The Balaban J connectivity index is 2.11. The van der Waals surface area contributed by atoms with Crippen molar-refractivity contribution in [3.8, 4) is 5.75 Å². The zero-order valence-corrected chi connectivity index (χ0v) is 16.0. The fourth-order valence-electron chi connectivity index (χ4n) is 3.31. The van der Waals surface area contributed by atoms with Gasteiger partial charge in [0.2, 0.25) is 0 Å². The highest BCUT2D eigenvalue weighted by Gasteiger charge is 2.69. The smallest absolute Gasteiger partial charge is 0.435 e. The maximum atomic E-state index is 14.0. The van der Waals surface area contributed by atoms with Crippen LogP contribution in [0.2, 0.25) is 0 Å². The van der Waals surface area contributed by atoms with Gasteiger partial charge in [0, 0.05) is 7.05 Å². The number of thiophene rings is 1. The zero-order valence-electron chi connectivity index (χ0n) is 15.2. The number of halogens is 5. The summed E-state index contributed by atoms with van der Waals surface area (Å²) in [6, 6.07) is 4.31. The van der Waals surface area contributed by atoms with Gasteiger partial charge in [-0.15, -0.1) is 11.3 Å². The Morgan fingerprint density at radius 1 is 1.27 bits per heavy atom. The van der Waals surface area contributed by atoms with Crippen molar-refractivity contribution in [3.63, 3.8) is 0 Å². The number of Topliss-reactive ketones (excluding diaryl/α,β-unsaturated/α-hetero) is 1. The molecule has 0 aliphatic carbocycles. The van der Waals surface area contributed by atoms with Crippen LogP contribution in [0.25, 0.3) is 0 Å². The van der Waals surface area contributed by atoms with E-state index in [-0.39, 0.29) is 21.1 Å². The lowest BCUT2D eigenvalue weighted by Crippen LogP contribution is -2.72. The Morgan fingerprint density at radius 2 is 1.90 bits per heavy atom. The normalized spacial score (nSPS) is 24.7. The minimum atomic E-state index is -5.37. The average molecular weight is 450 g/mol. The van der Waals surface area contributed by atoms with Gasteiger partial charge in [0.25, 0.3) is 5.72 Å². The highest BCUT2D eigenvalue weighted by molar-refractivity contribution is 7.12. The molecule has 12 heteroatoms. The summed E-state index contributed by atoms with van der Waals surface area (Å²) in [5.41, 5.74) is -3.81. The van der Waals surface area contributed by atoms with E-state index in [2.05, 4.69) is 10.1 Å². The van der Waals surface area contributed by atoms with Crippen molar-refractivity contribution in [2.45, 2.75) is 24.6 Å². The number of rotatable bonds is 5. The van der Waals surface area contributed by atoms with E-state index in [1.807, 2.05) is 0 Å². The quantitative estimate of drug-likeness (QED) is 0.537. The van der Waals surface area contributed by atoms with Crippen molar-refractivity contribution >= 4 is 23.2 Å². The summed E-state index contributed by atoms with van der Waals surface area (Å²) in [6.45, 7) is -3.11. The molecule has 1 fully saturated rings. The first-order chi connectivity index (χ1) is 14.0. The molecule has 2 heterocycles. The molecule has 162 valence electrons. The van der Waals surface area contributed by atoms with Gasteiger partial charge >= 0.3 is 18.8 Å². The predicted octanol–water partition coefficient (Wildman–Crippen LogP) is 3.80. The number of amides is 2. The van der Waals surface area contributed by atoms with E-state index < -0.39 is 42.3 Å². The molecule has 1 aliphatic rings. The molecule has 6 nitrogen and oxygen atoms in total. The van der Waals surface area contributed by atoms with Crippen molar-refractivity contribution in [2.75, 3.05) is 7.05 Å². The standard InChI is InChI=1S/C18H15F5N2O4S/c1-25-16(27)24-13(9-4-6-10(7-5-9)29-15(19)20)12(17(25,28)18(21,22)23)14(26)11-3-2-8-30-11/h2-8,12-13,15,28H,1H3,(H,24,27)/t12-,13+,17+/m0/s1. The van der Waals surface area contributed by atoms with Crippen LogP contribution < -0.4 is 10.1 Å². The van der Waals surface area contributed by atoms with Gasteiger partial charge < -0.3 is 15.2 Å².